The van der Waals surface area contributed by atoms with Crippen molar-refractivity contribution in [2.45, 2.75) is 32.6 Å². The number of carbonyl (C=O) groups excluding carboxylic acids is 2. The van der Waals surface area contributed by atoms with Crippen molar-refractivity contribution in [1.82, 2.24) is 5.32 Å². The molecule has 19 heavy (non-hydrogen) atoms. The Morgan fingerprint density at radius 1 is 1.32 bits per heavy atom. The average molecular weight is 265 g/mol. The van der Waals surface area contributed by atoms with Crippen molar-refractivity contribution in [3.05, 3.63) is 35.9 Å². The first-order chi connectivity index (χ1) is 9.11. The van der Waals surface area contributed by atoms with E-state index in [-0.39, 0.29) is 19.3 Å². The van der Waals surface area contributed by atoms with Crippen molar-refractivity contribution in [2.24, 2.45) is 0 Å². The predicted molar refractivity (Wildman–Crippen MR) is 70.7 cm³/mol. The monoisotopic (exact) mass is 265 g/mol. The number of carbonyl (C=O) groups is 2. The van der Waals surface area contributed by atoms with Crippen LogP contribution < -0.4 is 5.32 Å². The molecule has 104 valence electrons. The molecule has 0 fully saturated rings. The third-order valence-electron chi connectivity index (χ3n) is 2.29. The van der Waals surface area contributed by atoms with Gasteiger partial charge in [-0.2, -0.15) is 0 Å². The number of rotatable bonds is 7. The Kier molecular flexibility index (Phi) is 6.60. The summed E-state index contributed by atoms with van der Waals surface area (Å²) in [4.78, 5) is 22.3. The zero-order chi connectivity index (χ0) is 14.1. The fraction of sp³-hybridized carbons (Fsp3) is 0.429. The first kappa shape index (κ1) is 15.2. The van der Waals surface area contributed by atoms with Crippen molar-refractivity contribution in [3.8, 4) is 0 Å². The minimum absolute atomic E-state index is 0.00425. The molecule has 0 bridgehead atoms. The van der Waals surface area contributed by atoms with E-state index in [1.54, 1.807) is 0 Å². The van der Waals surface area contributed by atoms with Crippen molar-refractivity contribution in [2.75, 3.05) is 6.61 Å². The van der Waals surface area contributed by atoms with Crippen LogP contribution in [0, 0.1) is 0 Å². The summed E-state index contributed by atoms with van der Waals surface area (Å²) in [5, 5.41) is 2.44. The van der Waals surface area contributed by atoms with Crippen molar-refractivity contribution in [3.63, 3.8) is 0 Å². The van der Waals surface area contributed by atoms with Crippen molar-refractivity contribution < 1.29 is 19.1 Å². The normalized spacial score (nSPS) is 11.9. The van der Waals surface area contributed by atoms with Gasteiger partial charge in [-0.15, -0.1) is 0 Å². The summed E-state index contributed by atoms with van der Waals surface area (Å²) in [7, 11) is 0. The molecule has 1 aromatic rings. The van der Waals surface area contributed by atoms with E-state index in [4.69, 9.17) is 9.47 Å². The van der Waals surface area contributed by atoms with Crippen LogP contribution in [0.4, 0.5) is 4.79 Å². The molecule has 1 N–H and O–H groups in total. The minimum Gasteiger partial charge on any atom is -0.445 e. The highest BCUT2D eigenvalue weighted by molar-refractivity contribution is 5.73. The number of benzene rings is 1. The van der Waals surface area contributed by atoms with E-state index in [2.05, 4.69) is 5.32 Å². The van der Waals surface area contributed by atoms with Gasteiger partial charge in [-0.1, -0.05) is 30.3 Å². The van der Waals surface area contributed by atoms with Gasteiger partial charge in [0, 0.05) is 0 Å². The van der Waals surface area contributed by atoms with E-state index >= 15 is 0 Å². The third-order valence-corrected chi connectivity index (χ3v) is 2.29. The lowest BCUT2D eigenvalue weighted by molar-refractivity contribution is -0.111. The topological polar surface area (TPSA) is 64.6 Å². The maximum absolute atomic E-state index is 11.5. The number of nitrogens with one attached hydrogen (secondary N) is 1. The molecule has 0 aromatic heterocycles. The summed E-state index contributed by atoms with van der Waals surface area (Å²) < 4.78 is 10.3. The summed E-state index contributed by atoms with van der Waals surface area (Å²) in [5.41, 5.74) is 0.888. The summed E-state index contributed by atoms with van der Waals surface area (Å²) in [6.45, 7) is 4.02. The van der Waals surface area contributed by atoms with Gasteiger partial charge in [0.05, 0.1) is 12.7 Å². The summed E-state index contributed by atoms with van der Waals surface area (Å²) >= 11 is 0. The number of amides is 1. The molecule has 5 heteroatoms. The summed E-state index contributed by atoms with van der Waals surface area (Å²) in [5.74, 6) is 0. The predicted octanol–water partition coefficient (Wildman–Crippen LogP) is 1.91. The van der Waals surface area contributed by atoms with Crippen LogP contribution in [0.25, 0.3) is 0 Å². The maximum atomic E-state index is 11.5. The van der Waals surface area contributed by atoms with Crippen LogP contribution in [-0.4, -0.2) is 31.1 Å². The Balaban J connectivity index is 2.31. The quantitative estimate of drug-likeness (QED) is 0.765. The van der Waals surface area contributed by atoms with Gasteiger partial charge in [-0.25, -0.2) is 4.79 Å². The lowest BCUT2D eigenvalue weighted by Crippen LogP contribution is -2.40. The Bertz CT molecular complexity index is 392. The molecule has 0 heterocycles. The zero-order valence-electron chi connectivity index (χ0n) is 11.2. The van der Waals surface area contributed by atoms with Crippen LogP contribution in [0.3, 0.4) is 0 Å². The standard InChI is InChI=1S/C14H19NO4/c1-11(2)18-10-13(8-16)15-14(17)19-9-12-6-4-3-5-7-12/h3-8,11,13H,9-10H2,1-2H3,(H,15,17). The van der Waals surface area contributed by atoms with Gasteiger partial charge in [0.15, 0.2) is 0 Å². The van der Waals surface area contributed by atoms with Crippen molar-refractivity contribution >= 4 is 12.4 Å². The maximum Gasteiger partial charge on any atom is 0.408 e. The van der Waals surface area contributed by atoms with Gasteiger partial charge in [0.2, 0.25) is 0 Å². The van der Waals surface area contributed by atoms with E-state index in [1.807, 2.05) is 44.2 Å². The number of ether oxygens (including phenoxy) is 2. The SMILES string of the molecule is CC(C)OCC(C=O)NC(=O)OCc1ccccc1. The van der Waals surface area contributed by atoms with Crippen LogP contribution in [0.1, 0.15) is 19.4 Å². The molecular weight excluding hydrogens is 246 g/mol. The first-order valence-corrected chi connectivity index (χ1v) is 6.16. The Morgan fingerprint density at radius 3 is 2.58 bits per heavy atom. The molecule has 0 aliphatic rings. The van der Waals surface area contributed by atoms with Gasteiger partial charge < -0.3 is 19.6 Å². The largest absolute Gasteiger partial charge is 0.445 e. The third kappa shape index (κ3) is 6.57. The van der Waals surface area contributed by atoms with Gasteiger partial charge in [-0.3, -0.25) is 0 Å². The molecule has 0 saturated heterocycles. The van der Waals surface area contributed by atoms with E-state index in [9.17, 15) is 9.59 Å². The van der Waals surface area contributed by atoms with E-state index in [0.717, 1.165) is 5.56 Å². The number of hydrogen-bond donors (Lipinski definition) is 1. The van der Waals surface area contributed by atoms with Crippen LogP contribution in [0.15, 0.2) is 30.3 Å². The summed E-state index contributed by atoms with van der Waals surface area (Å²) in [6.07, 6.45) is 0.00416. The van der Waals surface area contributed by atoms with E-state index in [1.165, 1.54) is 0 Å². The number of hydrogen-bond acceptors (Lipinski definition) is 4. The number of aldehydes is 1. The van der Waals surface area contributed by atoms with Gasteiger partial charge >= 0.3 is 6.09 Å². The smallest absolute Gasteiger partial charge is 0.408 e. The zero-order valence-corrected chi connectivity index (χ0v) is 11.2. The second-order valence-corrected chi connectivity index (χ2v) is 4.33. The van der Waals surface area contributed by atoms with Gasteiger partial charge in [0.25, 0.3) is 0 Å². The van der Waals surface area contributed by atoms with E-state index in [0.29, 0.717) is 6.29 Å². The van der Waals surface area contributed by atoms with Crippen molar-refractivity contribution in [1.29, 1.82) is 0 Å². The molecule has 1 aromatic carbocycles. The Hall–Kier alpha value is -1.88. The molecule has 1 atom stereocenters. The average Bonchev–Trinajstić information content (AvgIpc) is 2.42. The molecule has 0 aliphatic heterocycles. The van der Waals surface area contributed by atoms with Crippen LogP contribution >= 0.6 is 0 Å². The lowest BCUT2D eigenvalue weighted by atomic mass is 10.2. The molecule has 1 unspecified atom stereocenters. The first-order valence-electron chi connectivity index (χ1n) is 6.16. The number of alkyl carbamates (subject to hydrolysis) is 1. The molecule has 0 aliphatic carbocycles. The molecule has 0 spiro atoms. The molecule has 1 amide bonds. The second kappa shape index (κ2) is 8.26. The highest BCUT2D eigenvalue weighted by atomic mass is 16.5. The lowest BCUT2D eigenvalue weighted by Gasteiger charge is -2.15. The molecule has 1 rings (SSSR count). The van der Waals surface area contributed by atoms with Crippen LogP contribution in [0.5, 0.6) is 0 Å². The van der Waals surface area contributed by atoms with Crippen LogP contribution in [0.2, 0.25) is 0 Å². The van der Waals surface area contributed by atoms with Gasteiger partial charge in [0.1, 0.15) is 18.9 Å². The minimum atomic E-state index is -0.689. The fourth-order valence-corrected chi connectivity index (χ4v) is 1.33. The van der Waals surface area contributed by atoms with Gasteiger partial charge in [-0.05, 0) is 19.4 Å². The Morgan fingerprint density at radius 2 is 2.00 bits per heavy atom. The highest BCUT2D eigenvalue weighted by Crippen LogP contribution is 2.00. The van der Waals surface area contributed by atoms with Crippen LogP contribution in [-0.2, 0) is 20.9 Å². The second-order valence-electron chi connectivity index (χ2n) is 4.33. The van der Waals surface area contributed by atoms with E-state index < -0.39 is 12.1 Å². The highest BCUT2D eigenvalue weighted by Gasteiger charge is 2.13. The fourth-order valence-electron chi connectivity index (χ4n) is 1.33. The molecule has 5 nitrogen and oxygen atoms in total. The molecule has 0 saturated carbocycles. The summed E-state index contributed by atoms with van der Waals surface area (Å²) in [6, 6.07) is 8.63. The Labute approximate surface area is 112 Å². The molecular formula is C14H19NO4. The molecule has 0 radical (unpaired) electrons.